The van der Waals surface area contributed by atoms with E-state index in [-0.39, 0.29) is 5.91 Å². The molecular weight excluding hydrogens is 385 g/mol. The lowest BCUT2D eigenvalue weighted by molar-refractivity contribution is -0.137. The molecule has 0 atom stereocenters. The van der Waals surface area contributed by atoms with Crippen LogP contribution < -0.4 is 0 Å². The van der Waals surface area contributed by atoms with Crippen molar-refractivity contribution >= 4 is 11.9 Å². The Hall–Kier alpha value is -2.87. The fourth-order valence-electron chi connectivity index (χ4n) is 3.26. The molecule has 5 nitrogen and oxygen atoms in total. The van der Waals surface area contributed by atoms with Gasteiger partial charge in [0.2, 0.25) is 0 Å². The van der Waals surface area contributed by atoms with Gasteiger partial charge in [-0.1, -0.05) is 18.2 Å². The van der Waals surface area contributed by atoms with Gasteiger partial charge in [0, 0.05) is 38.3 Å². The minimum absolute atomic E-state index is 0.139. The second-order valence-corrected chi connectivity index (χ2v) is 6.84. The van der Waals surface area contributed by atoms with Crippen LogP contribution in [0.1, 0.15) is 31.8 Å². The van der Waals surface area contributed by atoms with Gasteiger partial charge in [0.25, 0.3) is 5.91 Å². The summed E-state index contributed by atoms with van der Waals surface area (Å²) in [4.78, 5) is 27.8. The maximum absolute atomic E-state index is 12.9. The fourth-order valence-corrected chi connectivity index (χ4v) is 3.26. The van der Waals surface area contributed by atoms with Crippen LogP contribution in [0.5, 0.6) is 0 Å². The first-order valence-corrected chi connectivity index (χ1v) is 9.14. The van der Waals surface area contributed by atoms with E-state index in [1.165, 1.54) is 19.2 Å². The van der Waals surface area contributed by atoms with Crippen LogP contribution in [0.15, 0.2) is 48.5 Å². The number of rotatable bonds is 4. The van der Waals surface area contributed by atoms with Crippen LogP contribution >= 0.6 is 0 Å². The Morgan fingerprint density at radius 2 is 1.59 bits per heavy atom. The second-order valence-electron chi connectivity index (χ2n) is 6.84. The zero-order valence-electron chi connectivity index (χ0n) is 15.9. The molecule has 3 rings (SSSR count). The topological polar surface area (TPSA) is 49.9 Å². The third kappa shape index (κ3) is 5.14. The number of alkyl halides is 3. The number of amides is 1. The van der Waals surface area contributed by atoms with Crippen LogP contribution in [-0.2, 0) is 17.5 Å². The summed E-state index contributed by atoms with van der Waals surface area (Å²) in [6.07, 6.45) is -4.36. The lowest BCUT2D eigenvalue weighted by atomic mass is 10.1. The molecule has 0 saturated carbocycles. The molecule has 154 valence electrons. The van der Waals surface area contributed by atoms with Crippen LogP contribution in [0, 0.1) is 0 Å². The maximum atomic E-state index is 12.9. The monoisotopic (exact) mass is 406 g/mol. The molecule has 1 amide bonds. The molecule has 0 aromatic heterocycles. The Kier molecular flexibility index (Phi) is 6.22. The zero-order chi connectivity index (χ0) is 21.0. The molecule has 1 aliphatic heterocycles. The second kappa shape index (κ2) is 8.65. The van der Waals surface area contributed by atoms with Gasteiger partial charge in [-0.2, -0.15) is 13.2 Å². The van der Waals surface area contributed by atoms with E-state index in [0.717, 1.165) is 6.07 Å². The average molecular weight is 406 g/mol. The molecular formula is C21H21F3N2O3. The van der Waals surface area contributed by atoms with E-state index in [0.29, 0.717) is 49.4 Å². The highest BCUT2D eigenvalue weighted by atomic mass is 19.4. The number of carbonyl (C=O) groups is 2. The number of methoxy groups -OCH3 is 1. The SMILES string of the molecule is COC(=O)c1ccc(C(=O)N2CCN(Cc3cccc(C(F)(F)F)c3)CC2)cc1. The number of nitrogens with zero attached hydrogens (tertiary/aromatic N) is 2. The molecule has 0 aliphatic carbocycles. The van der Waals surface area contributed by atoms with E-state index in [4.69, 9.17) is 0 Å². The molecule has 29 heavy (non-hydrogen) atoms. The van der Waals surface area contributed by atoms with Crippen LogP contribution in [0.3, 0.4) is 0 Å². The van der Waals surface area contributed by atoms with Crippen molar-refractivity contribution < 1.29 is 27.5 Å². The number of carbonyl (C=O) groups excluding carboxylic acids is 2. The van der Waals surface area contributed by atoms with Gasteiger partial charge in [-0.05, 0) is 35.9 Å². The van der Waals surface area contributed by atoms with E-state index in [2.05, 4.69) is 4.74 Å². The van der Waals surface area contributed by atoms with E-state index < -0.39 is 17.7 Å². The molecule has 1 fully saturated rings. The first-order valence-electron chi connectivity index (χ1n) is 9.14. The lowest BCUT2D eigenvalue weighted by Gasteiger charge is -2.35. The van der Waals surface area contributed by atoms with Gasteiger partial charge in [0.15, 0.2) is 0 Å². The molecule has 0 unspecified atom stereocenters. The van der Waals surface area contributed by atoms with E-state index in [9.17, 15) is 22.8 Å². The summed E-state index contributed by atoms with van der Waals surface area (Å²) in [6.45, 7) is 2.51. The predicted octanol–water partition coefficient (Wildman–Crippen LogP) is 3.45. The Labute approximate surface area is 166 Å². The average Bonchev–Trinajstić information content (AvgIpc) is 2.73. The van der Waals surface area contributed by atoms with Crippen molar-refractivity contribution in [2.45, 2.75) is 12.7 Å². The highest BCUT2D eigenvalue weighted by Gasteiger charge is 2.30. The maximum Gasteiger partial charge on any atom is 0.416 e. The molecule has 8 heteroatoms. The van der Waals surface area contributed by atoms with Gasteiger partial charge in [0.1, 0.15) is 0 Å². The van der Waals surface area contributed by atoms with Crippen molar-refractivity contribution in [2.24, 2.45) is 0 Å². The van der Waals surface area contributed by atoms with Crippen LogP contribution in [0.25, 0.3) is 0 Å². The third-order valence-electron chi connectivity index (χ3n) is 4.87. The smallest absolute Gasteiger partial charge is 0.416 e. The van der Waals surface area contributed by atoms with Crippen molar-refractivity contribution in [1.29, 1.82) is 0 Å². The predicted molar refractivity (Wildman–Crippen MR) is 100 cm³/mol. The normalized spacial score (nSPS) is 15.2. The van der Waals surface area contributed by atoms with Gasteiger partial charge >= 0.3 is 12.1 Å². The highest BCUT2D eigenvalue weighted by Crippen LogP contribution is 2.29. The summed E-state index contributed by atoms with van der Waals surface area (Å²) in [6, 6.07) is 11.6. The summed E-state index contributed by atoms with van der Waals surface area (Å²) >= 11 is 0. The molecule has 1 saturated heterocycles. The third-order valence-corrected chi connectivity index (χ3v) is 4.87. The molecule has 2 aromatic rings. The zero-order valence-corrected chi connectivity index (χ0v) is 15.9. The summed E-state index contributed by atoms with van der Waals surface area (Å²) in [5.74, 6) is -0.604. The van der Waals surface area contributed by atoms with Gasteiger partial charge in [0.05, 0.1) is 18.2 Å². The minimum atomic E-state index is -4.36. The number of halogens is 3. The fraction of sp³-hybridized carbons (Fsp3) is 0.333. The molecule has 0 bridgehead atoms. The van der Waals surface area contributed by atoms with E-state index in [1.807, 2.05) is 4.90 Å². The van der Waals surface area contributed by atoms with E-state index >= 15 is 0 Å². The van der Waals surface area contributed by atoms with E-state index in [1.54, 1.807) is 35.2 Å². The van der Waals surface area contributed by atoms with Crippen LogP contribution in [0.2, 0.25) is 0 Å². The van der Waals surface area contributed by atoms with Crippen LogP contribution in [0.4, 0.5) is 13.2 Å². The molecule has 1 aliphatic rings. The Bertz CT molecular complexity index is 873. The number of esters is 1. The summed E-state index contributed by atoms with van der Waals surface area (Å²) in [5, 5.41) is 0. The largest absolute Gasteiger partial charge is 0.465 e. The van der Waals surface area contributed by atoms with Gasteiger partial charge in [-0.3, -0.25) is 9.69 Å². The lowest BCUT2D eigenvalue weighted by Crippen LogP contribution is -2.48. The Morgan fingerprint density at radius 1 is 0.966 bits per heavy atom. The molecule has 2 aromatic carbocycles. The van der Waals surface area contributed by atoms with Gasteiger partial charge in [-0.15, -0.1) is 0 Å². The van der Waals surface area contributed by atoms with Crippen molar-refractivity contribution in [3.63, 3.8) is 0 Å². The highest BCUT2D eigenvalue weighted by molar-refractivity contribution is 5.96. The molecule has 1 heterocycles. The number of hydrogen-bond acceptors (Lipinski definition) is 4. The van der Waals surface area contributed by atoms with Gasteiger partial charge < -0.3 is 9.64 Å². The summed E-state index contributed by atoms with van der Waals surface area (Å²) in [7, 11) is 1.29. The van der Waals surface area contributed by atoms with Gasteiger partial charge in [-0.25, -0.2) is 4.79 Å². The number of benzene rings is 2. The summed E-state index contributed by atoms with van der Waals surface area (Å²) < 4.78 is 43.2. The molecule has 0 N–H and O–H groups in total. The Balaban J connectivity index is 1.56. The standard InChI is InChI=1S/C21H21F3N2O3/c1-29-20(28)17-7-5-16(6-8-17)19(27)26-11-9-25(10-12-26)14-15-3-2-4-18(13-15)21(22,23)24/h2-8,13H,9-12,14H2,1H3. The number of hydrogen-bond donors (Lipinski definition) is 0. The van der Waals surface area contributed by atoms with Crippen LogP contribution in [-0.4, -0.2) is 55.0 Å². The number of piperazine rings is 1. The molecule has 0 spiro atoms. The summed E-state index contributed by atoms with van der Waals surface area (Å²) in [5.41, 5.74) is 0.788. The molecule has 0 radical (unpaired) electrons. The van der Waals surface area contributed by atoms with Crippen molar-refractivity contribution in [3.05, 3.63) is 70.8 Å². The minimum Gasteiger partial charge on any atom is -0.465 e. The van der Waals surface area contributed by atoms with Crippen molar-refractivity contribution in [2.75, 3.05) is 33.3 Å². The first-order chi connectivity index (χ1) is 13.8. The quantitative estimate of drug-likeness (QED) is 0.730. The first kappa shape index (κ1) is 20.9. The Morgan fingerprint density at radius 3 is 2.17 bits per heavy atom. The van der Waals surface area contributed by atoms with Crippen molar-refractivity contribution in [1.82, 2.24) is 9.80 Å². The van der Waals surface area contributed by atoms with Crippen molar-refractivity contribution in [3.8, 4) is 0 Å². The number of ether oxygens (including phenoxy) is 1.